The van der Waals surface area contributed by atoms with E-state index in [1.54, 1.807) is 47.4 Å². The Morgan fingerprint density at radius 2 is 1.89 bits per heavy atom. The first-order valence-electron chi connectivity index (χ1n) is 11.3. The monoisotopic (exact) mass is 634 g/mol. The minimum atomic E-state index is -1.01. The van der Waals surface area contributed by atoms with Crippen LogP contribution in [0.2, 0.25) is 10.0 Å². The summed E-state index contributed by atoms with van der Waals surface area (Å²) in [6.07, 6.45) is 1.76. The van der Waals surface area contributed by atoms with Gasteiger partial charge in [-0.2, -0.15) is 0 Å². The molecule has 196 valence electrons. The molecule has 0 atom stereocenters. The second-order valence-electron chi connectivity index (χ2n) is 7.96. The molecular weight excluding hydrogens is 615 g/mol. The van der Waals surface area contributed by atoms with Gasteiger partial charge in [0.1, 0.15) is 6.61 Å². The van der Waals surface area contributed by atoms with Crippen LogP contribution in [0.25, 0.3) is 6.08 Å². The zero-order valence-corrected chi connectivity index (χ0v) is 24.1. The fraction of sp³-hybridized carbons (Fsp3) is 0.148. The summed E-state index contributed by atoms with van der Waals surface area (Å²) < 4.78 is 12.2. The molecule has 1 heterocycles. The molecule has 1 aliphatic heterocycles. The molecule has 7 nitrogen and oxygen atoms in total. The van der Waals surface area contributed by atoms with Crippen LogP contribution in [0.4, 0.5) is 5.69 Å². The molecule has 4 rings (SSSR count). The third-order valence-electron chi connectivity index (χ3n) is 5.48. The zero-order valence-electron chi connectivity index (χ0n) is 20.2. The summed E-state index contributed by atoms with van der Waals surface area (Å²) in [6.45, 7) is 2.50. The first kappa shape index (κ1) is 28.0. The van der Waals surface area contributed by atoms with Crippen molar-refractivity contribution < 1.29 is 24.2 Å². The van der Waals surface area contributed by atoms with E-state index in [-0.39, 0.29) is 18.1 Å². The number of aromatic carboxylic acids is 1. The number of rotatable bonds is 8. The van der Waals surface area contributed by atoms with Crippen LogP contribution >= 0.6 is 50.9 Å². The maximum Gasteiger partial charge on any atom is 0.335 e. The molecule has 1 fully saturated rings. The van der Waals surface area contributed by atoms with Crippen molar-refractivity contribution in [3.63, 3.8) is 0 Å². The molecule has 3 aromatic rings. The molecule has 1 saturated heterocycles. The number of hydrogen-bond donors (Lipinski definition) is 1. The fourth-order valence-corrected chi connectivity index (χ4v) is 5.66. The highest BCUT2D eigenvalue weighted by Gasteiger charge is 2.32. The van der Waals surface area contributed by atoms with E-state index in [2.05, 4.69) is 20.9 Å². The molecule has 0 bridgehead atoms. The quantitative estimate of drug-likeness (QED) is 0.256. The lowest BCUT2D eigenvalue weighted by Gasteiger charge is -2.14. The molecule has 3 aromatic carbocycles. The van der Waals surface area contributed by atoms with Crippen molar-refractivity contribution in [3.05, 3.63) is 90.7 Å². The van der Waals surface area contributed by atoms with Crippen LogP contribution in [0.5, 0.6) is 11.5 Å². The third kappa shape index (κ3) is 6.35. The van der Waals surface area contributed by atoms with Gasteiger partial charge in [0.25, 0.3) is 5.91 Å². The Bertz CT molecular complexity index is 1460. The second kappa shape index (κ2) is 12.3. The van der Waals surface area contributed by atoms with Crippen LogP contribution < -0.4 is 9.47 Å². The number of methoxy groups -OCH3 is 1. The van der Waals surface area contributed by atoms with Gasteiger partial charge in [-0.15, -0.1) is 0 Å². The highest BCUT2D eigenvalue weighted by molar-refractivity contribution is 9.10. The number of amides is 1. The summed E-state index contributed by atoms with van der Waals surface area (Å²) in [6, 6.07) is 15.0. The van der Waals surface area contributed by atoms with Gasteiger partial charge in [0.05, 0.1) is 27.7 Å². The number of carboxylic acids is 1. The highest BCUT2D eigenvalue weighted by Crippen LogP contribution is 2.40. The summed E-state index contributed by atoms with van der Waals surface area (Å²) in [5, 5.41) is 10.7. The van der Waals surface area contributed by atoms with Crippen LogP contribution in [-0.4, -0.2) is 40.7 Å². The number of thioether (sulfide) groups is 1. The molecule has 0 spiro atoms. The molecule has 0 aliphatic carbocycles. The number of nitrogens with zero attached hydrogens (tertiary/aromatic N) is 2. The lowest BCUT2D eigenvalue weighted by atomic mass is 10.1. The van der Waals surface area contributed by atoms with E-state index in [0.717, 1.165) is 11.1 Å². The van der Waals surface area contributed by atoms with Gasteiger partial charge in [-0.3, -0.25) is 9.69 Å². The van der Waals surface area contributed by atoms with E-state index in [1.165, 1.54) is 31.0 Å². The second-order valence-corrected chi connectivity index (χ2v) is 10.7. The van der Waals surface area contributed by atoms with Crippen molar-refractivity contribution in [2.45, 2.75) is 13.5 Å². The van der Waals surface area contributed by atoms with Gasteiger partial charge < -0.3 is 14.6 Å². The number of amidine groups is 1. The van der Waals surface area contributed by atoms with Gasteiger partial charge in [0.2, 0.25) is 0 Å². The lowest BCUT2D eigenvalue weighted by Crippen LogP contribution is -2.28. The zero-order chi connectivity index (χ0) is 27.4. The van der Waals surface area contributed by atoms with Gasteiger partial charge in [0, 0.05) is 22.2 Å². The van der Waals surface area contributed by atoms with E-state index in [1.807, 2.05) is 13.0 Å². The summed E-state index contributed by atoms with van der Waals surface area (Å²) >= 11 is 17.0. The predicted molar refractivity (Wildman–Crippen MR) is 155 cm³/mol. The average molecular weight is 636 g/mol. The Labute approximate surface area is 242 Å². The molecule has 0 saturated carbocycles. The predicted octanol–water partition coefficient (Wildman–Crippen LogP) is 7.67. The van der Waals surface area contributed by atoms with Gasteiger partial charge in [-0.1, -0.05) is 29.3 Å². The van der Waals surface area contributed by atoms with Crippen molar-refractivity contribution in [1.82, 2.24) is 4.90 Å². The number of carboxylic acid groups (broad SMARTS) is 1. The number of hydrogen-bond acceptors (Lipinski definition) is 6. The van der Waals surface area contributed by atoms with Crippen molar-refractivity contribution in [1.29, 1.82) is 0 Å². The van der Waals surface area contributed by atoms with Gasteiger partial charge >= 0.3 is 5.97 Å². The topological polar surface area (TPSA) is 88.4 Å². The highest BCUT2D eigenvalue weighted by atomic mass is 79.9. The first-order chi connectivity index (χ1) is 18.2. The molecule has 1 aliphatic rings. The maximum atomic E-state index is 13.1. The van der Waals surface area contributed by atoms with Crippen LogP contribution in [0.15, 0.2) is 69.0 Å². The van der Waals surface area contributed by atoms with Crippen LogP contribution in [-0.2, 0) is 11.4 Å². The Hall–Kier alpha value is -2.98. The molecule has 0 unspecified atom stereocenters. The SMILES string of the molecule is CCN1C(=O)/C(=C\c2cc(Br)c(OCc3ccc(Cl)cc3Cl)c(OC)c2)SC1=Nc1ccc(C(=O)O)cc1. The van der Waals surface area contributed by atoms with E-state index in [0.29, 0.717) is 48.3 Å². The van der Waals surface area contributed by atoms with E-state index in [4.69, 9.17) is 37.8 Å². The molecule has 11 heteroatoms. The molecule has 0 aromatic heterocycles. The number of halogens is 3. The first-order valence-corrected chi connectivity index (χ1v) is 13.6. The summed E-state index contributed by atoms with van der Waals surface area (Å²) in [7, 11) is 1.54. The molecule has 38 heavy (non-hydrogen) atoms. The van der Waals surface area contributed by atoms with Crippen LogP contribution in [0.1, 0.15) is 28.4 Å². The molecule has 0 radical (unpaired) electrons. The van der Waals surface area contributed by atoms with Crippen molar-refractivity contribution in [2.24, 2.45) is 4.99 Å². The fourth-order valence-electron chi connectivity index (χ4n) is 3.56. The van der Waals surface area contributed by atoms with Crippen LogP contribution in [0.3, 0.4) is 0 Å². The van der Waals surface area contributed by atoms with Crippen LogP contribution in [0, 0.1) is 0 Å². The van der Waals surface area contributed by atoms with Crippen molar-refractivity contribution in [3.8, 4) is 11.5 Å². The lowest BCUT2D eigenvalue weighted by molar-refractivity contribution is -0.122. The molecular formula is C27H21BrCl2N2O5S. The Morgan fingerprint density at radius 3 is 2.53 bits per heavy atom. The molecule has 1 N–H and O–H groups in total. The standard InChI is InChI=1S/C27H21BrCl2N2O5S/c1-3-32-25(33)23(38-27(32)31-19-8-5-16(6-9-19)26(34)35)12-15-10-20(28)24(22(11-15)36-2)37-14-17-4-7-18(29)13-21(17)30/h4-13H,3,14H2,1-2H3,(H,34,35)/b23-12+,31-27?. The largest absolute Gasteiger partial charge is 0.493 e. The minimum absolute atomic E-state index is 0.167. The Kier molecular flexibility index (Phi) is 9.04. The summed E-state index contributed by atoms with van der Waals surface area (Å²) in [5.74, 6) is -0.215. The number of ether oxygens (including phenoxy) is 2. The van der Waals surface area contributed by atoms with E-state index in [9.17, 15) is 9.59 Å². The van der Waals surface area contributed by atoms with Gasteiger partial charge in [0.15, 0.2) is 16.7 Å². The Morgan fingerprint density at radius 1 is 1.16 bits per heavy atom. The summed E-state index contributed by atoms with van der Waals surface area (Å²) in [4.78, 5) is 30.8. The Balaban J connectivity index is 1.58. The number of carbonyl (C=O) groups excluding carboxylic acids is 1. The average Bonchev–Trinajstić information content (AvgIpc) is 3.17. The minimum Gasteiger partial charge on any atom is -0.493 e. The third-order valence-corrected chi connectivity index (χ3v) is 7.66. The smallest absolute Gasteiger partial charge is 0.335 e. The number of aliphatic imine (C=N–C) groups is 1. The normalized spacial score (nSPS) is 15.4. The van der Waals surface area contributed by atoms with Gasteiger partial charge in [-0.05, 0) is 94.8 Å². The number of carbonyl (C=O) groups is 2. The van der Waals surface area contributed by atoms with Gasteiger partial charge in [-0.25, -0.2) is 9.79 Å². The van der Waals surface area contributed by atoms with Crippen molar-refractivity contribution >= 4 is 79.7 Å². The van der Waals surface area contributed by atoms with E-state index >= 15 is 0 Å². The van der Waals surface area contributed by atoms with E-state index < -0.39 is 5.97 Å². The molecule has 1 amide bonds. The summed E-state index contributed by atoms with van der Waals surface area (Å²) in [5.41, 5.74) is 2.22. The maximum absolute atomic E-state index is 13.1. The van der Waals surface area contributed by atoms with Crippen molar-refractivity contribution in [2.75, 3.05) is 13.7 Å². The number of likely N-dealkylation sites (N-methyl/N-ethyl adjacent to an activating group) is 1. The number of benzene rings is 3.